The van der Waals surface area contributed by atoms with E-state index < -0.39 is 0 Å². The third-order valence-corrected chi connectivity index (χ3v) is 2.81. The highest BCUT2D eigenvalue weighted by molar-refractivity contribution is 9.10. The molecule has 88 valence electrons. The van der Waals surface area contributed by atoms with Gasteiger partial charge in [0.1, 0.15) is 5.69 Å². The van der Waals surface area contributed by atoms with Gasteiger partial charge in [-0.3, -0.25) is 4.79 Å². The minimum atomic E-state index is -0.184. The molecule has 1 amide bonds. The third kappa shape index (κ3) is 3.57. The van der Waals surface area contributed by atoms with Gasteiger partial charge in [-0.2, -0.15) is 0 Å². The molecule has 1 N–H and O–H groups in total. The largest absolute Gasteiger partial charge is 0.383 e. The second kappa shape index (κ2) is 6.60. The fraction of sp³-hybridized carbons (Fsp3) is 0.455. The van der Waals surface area contributed by atoms with Crippen LogP contribution >= 0.6 is 15.9 Å². The van der Waals surface area contributed by atoms with E-state index in [1.54, 1.807) is 25.4 Å². The van der Waals surface area contributed by atoms with Crippen molar-refractivity contribution in [2.75, 3.05) is 13.7 Å². The fourth-order valence-corrected chi connectivity index (χ4v) is 1.70. The Morgan fingerprint density at radius 1 is 1.69 bits per heavy atom. The number of ether oxygens (including phenoxy) is 1. The van der Waals surface area contributed by atoms with Crippen molar-refractivity contribution in [2.24, 2.45) is 0 Å². The summed E-state index contributed by atoms with van der Waals surface area (Å²) >= 11 is 3.29. The summed E-state index contributed by atoms with van der Waals surface area (Å²) in [4.78, 5) is 15.9. The van der Waals surface area contributed by atoms with E-state index >= 15 is 0 Å². The molecule has 0 spiro atoms. The van der Waals surface area contributed by atoms with E-state index in [1.165, 1.54) is 0 Å². The second-order valence-electron chi connectivity index (χ2n) is 3.37. The number of hydrogen-bond donors (Lipinski definition) is 1. The van der Waals surface area contributed by atoms with Crippen LogP contribution in [-0.2, 0) is 4.74 Å². The maximum absolute atomic E-state index is 11.9. The second-order valence-corrected chi connectivity index (χ2v) is 4.22. The van der Waals surface area contributed by atoms with Crippen LogP contribution in [0, 0.1) is 0 Å². The molecular formula is C11H15BrN2O2. The number of rotatable bonds is 5. The Morgan fingerprint density at radius 2 is 2.44 bits per heavy atom. The summed E-state index contributed by atoms with van der Waals surface area (Å²) in [7, 11) is 1.62. The molecule has 0 saturated carbocycles. The highest BCUT2D eigenvalue weighted by atomic mass is 79.9. The average molecular weight is 287 g/mol. The summed E-state index contributed by atoms with van der Waals surface area (Å²) in [5.41, 5.74) is 0.400. The number of nitrogens with one attached hydrogen (secondary N) is 1. The van der Waals surface area contributed by atoms with Crippen LogP contribution in [0.1, 0.15) is 23.8 Å². The molecular weight excluding hydrogens is 272 g/mol. The number of hydrogen-bond acceptors (Lipinski definition) is 3. The SMILES string of the molecule is CCC(COC)NC(=O)c1ncccc1Br. The first-order valence-corrected chi connectivity index (χ1v) is 5.88. The predicted octanol–water partition coefficient (Wildman–Crippen LogP) is 2.00. The summed E-state index contributed by atoms with van der Waals surface area (Å²) in [6.45, 7) is 2.50. The number of carbonyl (C=O) groups is 1. The Morgan fingerprint density at radius 3 is 3.00 bits per heavy atom. The van der Waals surface area contributed by atoms with Crippen LogP contribution in [0.4, 0.5) is 0 Å². The van der Waals surface area contributed by atoms with Gasteiger partial charge in [0, 0.05) is 17.8 Å². The molecule has 0 aliphatic heterocycles. The zero-order chi connectivity index (χ0) is 12.0. The Balaban J connectivity index is 2.68. The van der Waals surface area contributed by atoms with Gasteiger partial charge in [-0.25, -0.2) is 4.98 Å². The molecule has 1 aromatic rings. The first-order valence-electron chi connectivity index (χ1n) is 5.09. The summed E-state index contributed by atoms with van der Waals surface area (Å²) in [6.07, 6.45) is 2.42. The predicted molar refractivity (Wildman–Crippen MR) is 65.4 cm³/mol. The van der Waals surface area contributed by atoms with Gasteiger partial charge >= 0.3 is 0 Å². The number of nitrogens with zero attached hydrogens (tertiary/aromatic N) is 1. The highest BCUT2D eigenvalue weighted by Crippen LogP contribution is 2.13. The number of carbonyl (C=O) groups excluding carboxylic acids is 1. The van der Waals surface area contributed by atoms with Crippen molar-refractivity contribution in [1.29, 1.82) is 0 Å². The topological polar surface area (TPSA) is 51.2 Å². The van der Waals surface area contributed by atoms with Gasteiger partial charge in [-0.1, -0.05) is 6.92 Å². The van der Waals surface area contributed by atoms with E-state index in [2.05, 4.69) is 26.2 Å². The van der Waals surface area contributed by atoms with Crippen LogP contribution in [0.2, 0.25) is 0 Å². The molecule has 1 unspecified atom stereocenters. The molecule has 1 aromatic heterocycles. The summed E-state index contributed by atoms with van der Waals surface area (Å²) in [5.74, 6) is -0.184. The smallest absolute Gasteiger partial charge is 0.271 e. The van der Waals surface area contributed by atoms with Crippen LogP contribution in [-0.4, -0.2) is 30.6 Å². The van der Waals surface area contributed by atoms with Crippen molar-refractivity contribution in [2.45, 2.75) is 19.4 Å². The van der Waals surface area contributed by atoms with Crippen molar-refractivity contribution in [3.8, 4) is 0 Å². The van der Waals surface area contributed by atoms with Crippen molar-refractivity contribution >= 4 is 21.8 Å². The molecule has 5 heteroatoms. The number of methoxy groups -OCH3 is 1. The normalized spacial score (nSPS) is 12.2. The van der Waals surface area contributed by atoms with Crippen molar-refractivity contribution in [3.63, 3.8) is 0 Å². The van der Waals surface area contributed by atoms with E-state index in [4.69, 9.17) is 4.74 Å². The van der Waals surface area contributed by atoms with Gasteiger partial charge in [-0.15, -0.1) is 0 Å². The maximum atomic E-state index is 11.9. The third-order valence-electron chi connectivity index (χ3n) is 2.17. The lowest BCUT2D eigenvalue weighted by Gasteiger charge is -2.15. The van der Waals surface area contributed by atoms with Gasteiger partial charge in [0.2, 0.25) is 0 Å². The number of aromatic nitrogens is 1. The zero-order valence-electron chi connectivity index (χ0n) is 9.37. The highest BCUT2D eigenvalue weighted by Gasteiger charge is 2.15. The molecule has 0 aliphatic rings. The number of pyridine rings is 1. The number of halogens is 1. The minimum Gasteiger partial charge on any atom is -0.383 e. The molecule has 0 aromatic carbocycles. The monoisotopic (exact) mass is 286 g/mol. The summed E-state index contributed by atoms with van der Waals surface area (Å²) in [5, 5.41) is 2.87. The lowest BCUT2D eigenvalue weighted by Crippen LogP contribution is -2.38. The maximum Gasteiger partial charge on any atom is 0.271 e. The van der Waals surface area contributed by atoms with Gasteiger partial charge in [0.25, 0.3) is 5.91 Å². The van der Waals surface area contributed by atoms with Crippen LogP contribution in [0.25, 0.3) is 0 Å². The first-order chi connectivity index (χ1) is 7.69. The zero-order valence-corrected chi connectivity index (χ0v) is 11.0. The van der Waals surface area contributed by atoms with E-state index in [1.807, 2.05) is 6.92 Å². The minimum absolute atomic E-state index is 0.0198. The van der Waals surface area contributed by atoms with E-state index in [-0.39, 0.29) is 11.9 Å². The lowest BCUT2D eigenvalue weighted by molar-refractivity contribution is 0.0889. The molecule has 1 rings (SSSR count). The van der Waals surface area contributed by atoms with E-state index in [0.717, 1.165) is 6.42 Å². The van der Waals surface area contributed by atoms with Gasteiger partial charge in [0.05, 0.1) is 12.6 Å². The summed E-state index contributed by atoms with van der Waals surface area (Å²) in [6, 6.07) is 3.58. The molecule has 16 heavy (non-hydrogen) atoms. The molecule has 4 nitrogen and oxygen atoms in total. The molecule has 0 aliphatic carbocycles. The standard InChI is InChI=1S/C11H15BrN2O2/c1-3-8(7-16-2)14-11(15)10-9(12)5-4-6-13-10/h4-6,8H,3,7H2,1-2H3,(H,14,15). The Labute approximate surface area is 104 Å². The molecule has 1 atom stereocenters. The fourth-order valence-electron chi connectivity index (χ4n) is 1.27. The van der Waals surface area contributed by atoms with Gasteiger partial charge < -0.3 is 10.1 Å². The van der Waals surface area contributed by atoms with E-state index in [0.29, 0.717) is 16.8 Å². The quantitative estimate of drug-likeness (QED) is 0.901. The Bertz CT molecular complexity index is 358. The first kappa shape index (κ1) is 13.1. The van der Waals surface area contributed by atoms with Crippen LogP contribution in [0.15, 0.2) is 22.8 Å². The number of amides is 1. The van der Waals surface area contributed by atoms with E-state index in [9.17, 15) is 4.79 Å². The van der Waals surface area contributed by atoms with Crippen molar-refractivity contribution < 1.29 is 9.53 Å². The van der Waals surface area contributed by atoms with Crippen LogP contribution in [0.3, 0.4) is 0 Å². The Kier molecular flexibility index (Phi) is 5.42. The average Bonchev–Trinajstić information content (AvgIpc) is 2.28. The van der Waals surface area contributed by atoms with Gasteiger partial charge in [-0.05, 0) is 34.5 Å². The van der Waals surface area contributed by atoms with Crippen LogP contribution < -0.4 is 5.32 Å². The lowest BCUT2D eigenvalue weighted by atomic mass is 10.2. The molecule has 0 saturated heterocycles. The van der Waals surface area contributed by atoms with Crippen molar-refractivity contribution in [3.05, 3.63) is 28.5 Å². The van der Waals surface area contributed by atoms with Gasteiger partial charge in [0.15, 0.2) is 0 Å². The molecule has 0 bridgehead atoms. The molecule has 0 fully saturated rings. The van der Waals surface area contributed by atoms with Crippen molar-refractivity contribution in [1.82, 2.24) is 10.3 Å². The van der Waals surface area contributed by atoms with Crippen LogP contribution in [0.5, 0.6) is 0 Å². The Hall–Kier alpha value is -0.940. The molecule has 1 heterocycles. The molecule has 0 radical (unpaired) electrons. The summed E-state index contributed by atoms with van der Waals surface area (Å²) < 4.78 is 5.71.